The molecule has 3 heteroatoms. The smallest absolute Gasteiger partial charge is 0.292 e. The van der Waals surface area contributed by atoms with Gasteiger partial charge in [0.05, 0.1) is 0 Å². The van der Waals surface area contributed by atoms with E-state index in [0.29, 0.717) is 0 Å². The van der Waals surface area contributed by atoms with Gasteiger partial charge in [-0.2, -0.15) is 0 Å². The molecular formula is C10H9NO2. The zero-order chi connectivity index (χ0) is 9.42. The van der Waals surface area contributed by atoms with E-state index in [-0.39, 0.29) is 12.2 Å². The maximum absolute atomic E-state index is 11.1. The molecule has 0 radical (unpaired) electrons. The first-order valence-electron chi connectivity index (χ1n) is 4.10. The molecule has 2 rings (SSSR count). The van der Waals surface area contributed by atoms with E-state index in [9.17, 15) is 9.59 Å². The minimum absolute atomic E-state index is 0.225. The van der Waals surface area contributed by atoms with Crippen LogP contribution < -0.4 is 5.32 Å². The first-order valence-corrected chi connectivity index (χ1v) is 4.10. The maximum Gasteiger partial charge on any atom is 0.292 e. The fraction of sp³-hybridized carbons (Fsp3) is 0.200. The summed E-state index contributed by atoms with van der Waals surface area (Å²) in [5, 5.41) is 2.55. The van der Waals surface area contributed by atoms with Gasteiger partial charge < -0.3 is 5.32 Å². The van der Waals surface area contributed by atoms with Crippen LogP contribution in [0.4, 0.5) is 5.69 Å². The normalized spacial score (nSPS) is 15.2. The zero-order valence-corrected chi connectivity index (χ0v) is 7.26. The highest BCUT2D eigenvalue weighted by Crippen LogP contribution is 2.21. The number of ketones is 1. The van der Waals surface area contributed by atoms with Crippen LogP contribution in [-0.2, 0) is 16.0 Å². The lowest BCUT2D eigenvalue weighted by Gasteiger charge is -2.15. The molecule has 0 unspecified atom stereocenters. The van der Waals surface area contributed by atoms with Crippen molar-refractivity contribution in [1.82, 2.24) is 0 Å². The van der Waals surface area contributed by atoms with Crippen LogP contribution in [0, 0.1) is 6.92 Å². The third kappa shape index (κ3) is 1.33. The number of carbonyl (C=O) groups excluding carboxylic acids is 2. The van der Waals surface area contributed by atoms with E-state index < -0.39 is 5.91 Å². The summed E-state index contributed by atoms with van der Waals surface area (Å²) in [6.07, 6.45) is 0.225. The summed E-state index contributed by atoms with van der Waals surface area (Å²) < 4.78 is 0. The Labute approximate surface area is 75.8 Å². The Morgan fingerprint density at radius 1 is 1.31 bits per heavy atom. The number of aryl methyl sites for hydroxylation is 1. The Morgan fingerprint density at radius 3 is 2.85 bits per heavy atom. The van der Waals surface area contributed by atoms with Crippen molar-refractivity contribution < 1.29 is 9.59 Å². The standard InChI is InChI=1S/C10H9NO2/c1-6-2-3-8-7(4-6)5-9(12)10(13)11-8/h2-4H,5H2,1H3,(H,11,13). The van der Waals surface area contributed by atoms with Crippen molar-refractivity contribution in [2.45, 2.75) is 13.3 Å². The predicted molar refractivity (Wildman–Crippen MR) is 48.5 cm³/mol. The van der Waals surface area contributed by atoms with Crippen LogP contribution in [0.2, 0.25) is 0 Å². The van der Waals surface area contributed by atoms with Gasteiger partial charge in [-0.05, 0) is 18.6 Å². The van der Waals surface area contributed by atoms with Gasteiger partial charge in [-0.3, -0.25) is 9.59 Å². The van der Waals surface area contributed by atoms with Gasteiger partial charge in [-0.15, -0.1) is 0 Å². The van der Waals surface area contributed by atoms with Crippen molar-refractivity contribution in [2.75, 3.05) is 5.32 Å². The molecule has 3 nitrogen and oxygen atoms in total. The molecule has 0 aliphatic carbocycles. The van der Waals surface area contributed by atoms with Gasteiger partial charge in [0.15, 0.2) is 0 Å². The molecule has 0 aromatic heterocycles. The first-order chi connectivity index (χ1) is 6.16. The SMILES string of the molecule is Cc1ccc2c(c1)CC(=O)C(=O)N2. The fourth-order valence-corrected chi connectivity index (χ4v) is 1.44. The van der Waals surface area contributed by atoms with Crippen molar-refractivity contribution in [3.05, 3.63) is 29.3 Å². The molecule has 1 N–H and O–H groups in total. The van der Waals surface area contributed by atoms with Gasteiger partial charge in [-0.25, -0.2) is 0 Å². The third-order valence-electron chi connectivity index (χ3n) is 2.11. The molecule has 0 spiro atoms. The van der Waals surface area contributed by atoms with Crippen LogP contribution in [0.3, 0.4) is 0 Å². The van der Waals surface area contributed by atoms with E-state index in [2.05, 4.69) is 5.32 Å². The van der Waals surface area contributed by atoms with Gasteiger partial charge in [0.1, 0.15) is 0 Å². The molecule has 0 saturated carbocycles. The van der Waals surface area contributed by atoms with E-state index in [1.807, 2.05) is 25.1 Å². The number of Topliss-reactive ketones (excluding diaryl/α,β-unsaturated/α-hetero) is 1. The van der Waals surface area contributed by atoms with E-state index in [1.54, 1.807) is 0 Å². The van der Waals surface area contributed by atoms with Crippen LogP contribution in [0.25, 0.3) is 0 Å². The van der Waals surface area contributed by atoms with Gasteiger partial charge >= 0.3 is 0 Å². The Kier molecular flexibility index (Phi) is 1.65. The second kappa shape index (κ2) is 2.69. The van der Waals surface area contributed by atoms with Crippen LogP contribution in [0.5, 0.6) is 0 Å². The number of benzene rings is 1. The molecule has 1 heterocycles. The van der Waals surface area contributed by atoms with Crippen LogP contribution in [-0.4, -0.2) is 11.7 Å². The summed E-state index contributed by atoms with van der Waals surface area (Å²) in [4.78, 5) is 22.0. The van der Waals surface area contributed by atoms with Crippen molar-refractivity contribution in [2.24, 2.45) is 0 Å². The van der Waals surface area contributed by atoms with E-state index in [4.69, 9.17) is 0 Å². The number of amides is 1. The Morgan fingerprint density at radius 2 is 2.08 bits per heavy atom. The molecule has 1 aliphatic heterocycles. The monoisotopic (exact) mass is 175 g/mol. The van der Waals surface area contributed by atoms with E-state index >= 15 is 0 Å². The lowest BCUT2D eigenvalue weighted by Crippen LogP contribution is -2.29. The molecule has 1 aromatic carbocycles. The Bertz CT molecular complexity index is 396. The van der Waals surface area contributed by atoms with E-state index in [0.717, 1.165) is 16.8 Å². The predicted octanol–water partition coefficient (Wildman–Crippen LogP) is 1.06. The summed E-state index contributed by atoms with van der Waals surface area (Å²) >= 11 is 0. The molecular weight excluding hydrogens is 166 g/mol. The molecule has 0 bridgehead atoms. The topological polar surface area (TPSA) is 46.2 Å². The zero-order valence-electron chi connectivity index (χ0n) is 7.26. The lowest BCUT2D eigenvalue weighted by molar-refractivity contribution is -0.134. The highest BCUT2D eigenvalue weighted by Gasteiger charge is 2.22. The van der Waals surface area contributed by atoms with Crippen LogP contribution in [0.15, 0.2) is 18.2 Å². The molecule has 1 aliphatic rings. The number of hydrogen-bond donors (Lipinski definition) is 1. The molecule has 13 heavy (non-hydrogen) atoms. The summed E-state index contributed by atoms with van der Waals surface area (Å²) in [6, 6.07) is 5.66. The fourth-order valence-electron chi connectivity index (χ4n) is 1.44. The number of carbonyl (C=O) groups is 2. The van der Waals surface area contributed by atoms with Crippen molar-refractivity contribution in [3.8, 4) is 0 Å². The minimum atomic E-state index is -0.503. The van der Waals surface area contributed by atoms with Crippen molar-refractivity contribution >= 4 is 17.4 Å². The molecule has 0 fully saturated rings. The lowest BCUT2D eigenvalue weighted by atomic mass is 10.0. The number of anilines is 1. The minimum Gasteiger partial charge on any atom is -0.319 e. The molecule has 66 valence electrons. The Balaban J connectivity index is 2.48. The number of hydrogen-bond acceptors (Lipinski definition) is 2. The summed E-state index contributed by atoms with van der Waals surface area (Å²) in [7, 11) is 0. The number of nitrogens with one attached hydrogen (secondary N) is 1. The van der Waals surface area contributed by atoms with Crippen molar-refractivity contribution in [3.63, 3.8) is 0 Å². The second-order valence-corrected chi connectivity index (χ2v) is 3.21. The highest BCUT2D eigenvalue weighted by atomic mass is 16.2. The van der Waals surface area contributed by atoms with Crippen molar-refractivity contribution in [1.29, 1.82) is 0 Å². The molecule has 1 amide bonds. The largest absolute Gasteiger partial charge is 0.319 e. The Hall–Kier alpha value is -1.64. The van der Waals surface area contributed by atoms with Gasteiger partial charge in [0.2, 0.25) is 5.78 Å². The quantitative estimate of drug-likeness (QED) is 0.599. The average molecular weight is 175 g/mol. The summed E-state index contributed by atoms with van der Waals surface area (Å²) in [6.45, 7) is 1.96. The highest BCUT2D eigenvalue weighted by molar-refractivity contribution is 6.42. The molecule has 0 saturated heterocycles. The van der Waals surface area contributed by atoms with Crippen LogP contribution in [0.1, 0.15) is 11.1 Å². The number of rotatable bonds is 0. The van der Waals surface area contributed by atoms with Gasteiger partial charge in [0, 0.05) is 12.1 Å². The second-order valence-electron chi connectivity index (χ2n) is 3.21. The van der Waals surface area contributed by atoms with Gasteiger partial charge in [0.25, 0.3) is 5.91 Å². The van der Waals surface area contributed by atoms with Crippen LogP contribution >= 0.6 is 0 Å². The molecule has 1 aromatic rings. The van der Waals surface area contributed by atoms with Gasteiger partial charge in [-0.1, -0.05) is 17.7 Å². The maximum atomic E-state index is 11.1. The van der Waals surface area contributed by atoms with E-state index in [1.165, 1.54) is 0 Å². The average Bonchev–Trinajstić information content (AvgIpc) is 2.08. The summed E-state index contributed by atoms with van der Waals surface area (Å²) in [5.41, 5.74) is 2.77. The first kappa shape index (κ1) is 7.98. The summed E-state index contributed by atoms with van der Waals surface area (Å²) in [5.74, 6) is -0.866. The molecule has 0 atom stereocenters. The number of fused-ring (bicyclic) bond motifs is 1. The third-order valence-corrected chi connectivity index (χ3v) is 2.11.